The number of rotatable bonds is 6. The molecule has 1 aromatic carbocycles. The van der Waals surface area contributed by atoms with E-state index in [4.69, 9.17) is 4.74 Å². The van der Waals surface area contributed by atoms with Crippen LogP contribution in [-0.4, -0.2) is 18.6 Å². The lowest BCUT2D eigenvalue weighted by atomic mass is 9.98. The van der Waals surface area contributed by atoms with Gasteiger partial charge in [0.2, 0.25) is 5.88 Å². The summed E-state index contributed by atoms with van der Waals surface area (Å²) in [6, 6.07) is 10.5. The van der Waals surface area contributed by atoms with Crippen molar-refractivity contribution in [1.82, 2.24) is 10.3 Å². The summed E-state index contributed by atoms with van der Waals surface area (Å²) < 4.78 is 5.12. The third-order valence-electron chi connectivity index (χ3n) is 3.26. The molecule has 0 unspecified atom stereocenters. The third kappa shape index (κ3) is 3.58. The van der Waals surface area contributed by atoms with E-state index in [1.165, 1.54) is 16.7 Å². The largest absolute Gasteiger partial charge is 0.481 e. The van der Waals surface area contributed by atoms with Crippen molar-refractivity contribution in [3.63, 3.8) is 0 Å². The molecule has 1 heterocycles. The minimum atomic E-state index is 0.645. The van der Waals surface area contributed by atoms with Crippen LogP contribution in [0.1, 0.15) is 24.5 Å². The lowest BCUT2D eigenvalue weighted by Gasteiger charge is -2.12. The number of ether oxygens (including phenoxy) is 1. The van der Waals surface area contributed by atoms with E-state index in [0.29, 0.717) is 5.88 Å². The summed E-state index contributed by atoms with van der Waals surface area (Å²) in [5.74, 6) is 0.645. The summed E-state index contributed by atoms with van der Waals surface area (Å²) in [7, 11) is 1.63. The van der Waals surface area contributed by atoms with Gasteiger partial charge in [-0.05, 0) is 37.1 Å². The maximum absolute atomic E-state index is 5.12. The fraction of sp³-hybridized carbons (Fsp3) is 0.353. The zero-order chi connectivity index (χ0) is 14.4. The molecule has 106 valence electrons. The molecule has 3 nitrogen and oxygen atoms in total. The van der Waals surface area contributed by atoms with Gasteiger partial charge in [0.05, 0.1) is 7.11 Å². The number of aryl methyl sites for hydroxylation is 1. The molecule has 0 amide bonds. The number of benzene rings is 1. The molecule has 0 saturated carbocycles. The van der Waals surface area contributed by atoms with E-state index in [1.54, 1.807) is 7.11 Å². The number of methoxy groups -OCH3 is 1. The first-order valence-corrected chi connectivity index (χ1v) is 7.05. The maximum atomic E-state index is 5.12. The van der Waals surface area contributed by atoms with Crippen molar-refractivity contribution in [2.45, 2.75) is 26.8 Å². The molecule has 0 saturated heterocycles. The standard InChI is InChI=1S/C17H22N2O/c1-4-9-18-11-14-6-5-13(2)10-16(14)15-7-8-17(20-3)19-12-15/h5-8,10,12,18H,4,9,11H2,1-3H3. The van der Waals surface area contributed by atoms with E-state index < -0.39 is 0 Å². The van der Waals surface area contributed by atoms with Gasteiger partial charge in [0.1, 0.15) is 0 Å². The van der Waals surface area contributed by atoms with Gasteiger partial charge in [-0.1, -0.05) is 30.7 Å². The molecular weight excluding hydrogens is 248 g/mol. The first-order chi connectivity index (χ1) is 9.74. The minimum Gasteiger partial charge on any atom is -0.481 e. The van der Waals surface area contributed by atoms with Crippen molar-refractivity contribution >= 4 is 0 Å². The van der Waals surface area contributed by atoms with Crippen LogP contribution < -0.4 is 10.1 Å². The highest BCUT2D eigenvalue weighted by Gasteiger charge is 2.06. The van der Waals surface area contributed by atoms with Gasteiger partial charge in [-0.3, -0.25) is 0 Å². The Bertz CT molecular complexity index is 549. The maximum Gasteiger partial charge on any atom is 0.212 e. The van der Waals surface area contributed by atoms with Crippen LogP contribution in [0.3, 0.4) is 0 Å². The van der Waals surface area contributed by atoms with Crippen LogP contribution in [0.4, 0.5) is 0 Å². The summed E-state index contributed by atoms with van der Waals surface area (Å²) >= 11 is 0. The van der Waals surface area contributed by atoms with E-state index in [9.17, 15) is 0 Å². The molecular formula is C17H22N2O. The number of nitrogens with zero attached hydrogens (tertiary/aromatic N) is 1. The molecule has 0 fully saturated rings. The number of hydrogen-bond acceptors (Lipinski definition) is 3. The van der Waals surface area contributed by atoms with Gasteiger partial charge in [0, 0.05) is 24.4 Å². The lowest BCUT2D eigenvalue weighted by Crippen LogP contribution is -2.14. The Morgan fingerprint density at radius 1 is 1.20 bits per heavy atom. The van der Waals surface area contributed by atoms with E-state index in [-0.39, 0.29) is 0 Å². The molecule has 0 atom stereocenters. The SMILES string of the molecule is CCCNCc1ccc(C)cc1-c1ccc(OC)nc1. The first kappa shape index (κ1) is 14.5. The van der Waals surface area contributed by atoms with E-state index in [1.807, 2.05) is 12.3 Å². The molecule has 1 aromatic heterocycles. The summed E-state index contributed by atoms with van der Waals surface area (Å²) in [5.41, 5.74) is 4.93. The fourth-order valence-electron chi connectivity index (χ4n) is 2.17. The van der Waals surface area contributed by atoms with E-state index in [0.717, 1.165) is 25.1 Å². The Kier molecular flexibility index (Phi) is 5.13. The quantitative estimate of drug-likeness (QED) is 0.815. The molecule has 0 radical (unpaired) electrons. The zero-order valence-corrected chi connectivity index (χ0v) is 12.4. The Labute approximate surface area is 121 Å². The number of aromatic nitrogens is 1. The molecule has 0 aliphatic rings. The number of pyridine rings is 1. The lowest BCUT2D eigenvalue weighted by molar-refractivity contribution is 0.398. The third-order valence-corrected chi connectivity index (χ3v) is 3.26. The van der Waals surface area contributed by atoms with Crippen molar-refractivity contribution in [1.29, 1.82) is 0 Å². The Balaban J connectivity index is 2.29. The average Bonchev–Trinajstić information content (AvgIpc) is 2.49. The molecule has 2 rings (SSSR count). The van der Waals surface area contributed by atoms with Crippen molar-refractivity contribution in [3.05, 3.63) is 47.7 Å². The second kappa shape index (κ2) is 7.06. The van der Waals surface area contributed by atoms with Gasteiger partial charge in [0.15, 0.2) is 0 Å². The molecule has 3 heteroatoms. The van der Waals surface area contributed by atoms with Crippen LogP contribution in [0.15, 0.2) is 36.5 Å². The van der Waals surface area contributed by atoms with Crippen molar-refractivity contribution in [3.8, 4) is 17.0 Å². The summed E-state index contributed by atoms with van der Waals surface area (Å²) in [5, 5.41) is 3.46. The van der Waals surface area contributed by atoms with Crippen molar-refractivity contribution in [2.75, 3.05) is 13.7 Å². The predicted octanol–water partition coefficient (Wildman–Crippen LogP) is 3.57. The van der Waals surface area contributed by atoms with Crippen LogP contribution in [0.25, 0.3) is 11.1 Å². The zero-order valence-electron chi connectivity index (χ0n) is 12.4. The van der Waals surface area contributed by atoms with Gasteiger partial charge in [-0.15, -0.1) is 0 Å². The molecule has 0 spiro atoms. The van der Waals surface area contributed by atoms with Crippen LogP contribution >= 0.6 is 0 Å². The highest BCUT2D eigenvalue weighted by Crippen LogP contribution is 2.25. The number of nitrogens with one attached hydrogen (secondary N) is 1. The Hall–Kier alpha value is -1.87. The molecule has 2 aromatic rings. The van der Waals surface area contributed by atoms with Crippen LogP contribution in [-0.2, 0) is 6.54 Å². The minimum absolute atomic E-state index is 0.645. The highest BCUT2D eigenvalue weighted by molar-refractivity contribution is 5.67. The van der Waals surface area contributed by atoms with Gasteiger partial charge in [-0.2, -0.15) is 0 Å². The summed E-state index contributed by atoms with van der Waals surface area (Å²) in [6.45, 7) is 6.21. The normalized spacial score (nSPS) is 10.6. The van der Waals surface area contributed by atoms with Crippen LogP contribution in [0, 0.1) is 6.92 Å². The van der Waals surface area contributed by atoms with Crippen molar-refractivity contribution < 1.29 is 4.74 Å². The van der Waals surface area contributed by atoms with Gasteiger partial charge >= 0.3 is 0 Å². The van der Waals surface area contributed by atoms with Crippen LogP contribution in [0.5, 0.6) is 5.88 Å². The summed E-state index contributed by atoms with van der Waals surface area (Å²) in [6.07, 6.45) is 3.02. The second-order valence-corrected chi connectivity index (χ2v) is 4.93. The van der Waals surface area contributed by atoms with Crippen molar-refractivity contribution in [2.24, 2.45) is 0 Å². The second-order valence-electron chi connectivity index (χ2n) is 4.93. The van der Waals surface area contributed by atoms with Gasteiger partial charge in [-0.25, -0.2) is 4.98 Å². The highest BCUT2D eigenvalue weighted by atomic mass is 16.5. The predicted molar refractivity (Wildman–Crippen MR) is 83.0 cm³/mol. The van der Waals surface area contributed by atoms with Crippen LogP contribution in [0.2, 0.25) is 0 Å². The molecule has 1 N–H and O–H groups in total. The monoisotopic (exact) mass is 270 g/mol. The summed E-state index contributed by atoms with van der Waals surface area (Å²) in [4.78, 5) is 4.30. The Morgan fingerprint density at radius 2 is 2.05 bits per heavy atom. The fourth-order valence-corrected chi connectivity index (χ4v) is 2.17. The van der Waals surface area contributed by atoms with E-state index in [2.05, 4.69) is 48.4 Å². The Morgan fingerprint density at radius 3 is 2.70 bits per heavy atom. The molecule has 0 bridgehead atoms. The smallest absolute Gasteiger partial charge is 0.212 e. The first-order valence-electron chi connectivity index (χ1n) is 7.05. The number of hydrogen-bond donors (Lipinski definition) is 1. The molecule has 0 aliphatic carbocycles. The molecule has 0 aliphatic heterocycles. The topological polar surface area (TPSA) is 34.1 Å². The molecule has 20 heavy (non-hydrogen) atoms. The van der Waals surface area contributed by atoms with E-state index >= 15 is 0 Å². The van der Waals surface area contributed by atoms with Gasteiger partial charge < -0.3 is 10.1 Å². The average molecular weight is 270 g/mol. The van der Waals surface area contributed by atoms with Gasteiger partial charge in [0.25, 0.3) is 0 Å².